The number of aromatic nitrogens is 1. The van der Waals surface area contributed by atoms with Gasteiger partial charge in [-0.2, -0.15) is 0 Å². The van der Waals surface area contributed by atoms with Crippen LogP contribution in [0.5, 0.6) is 0 Å². The van der Waals surface area contributed by atoms with Crippen molar-refractivity contribution in [2.24, 2.45) is 0 Å². The Kier molecular flexibility index (Phi) is 7.70. The highest BCUT2D eigenvalue weighted by molar-refractivity contribution is 6.13. The zero-order valence-corrected chi connectivity index (χ0v) is 36.8. The van der Waals surface area contributed by atoms with Crippen molar-refractivity contribution < 1.29 is 0 Å². The van der Waals surface area contributed by atoms with Gasteiger partial charge in [-0.1, -0.05) is 190 Å². The van der Waals surface area contributed by atoms with Crippen molar-refractivity contribution in [3.8, 4) is 50.2 Å². The summed E-state index contributed by atoms with van der Waals surface area (Å²) in [5.74, 6) is 0. The van der Waals surface area contributed by atoms with Crippen molar-refractivity contribution in [3.05, 3.63) is 264 Å². The second kappa shape index (κ2) is 13.7. The summed E-state index contributed by atoms with van der Waals surface area (Å²) in [6.07, 6.45) is 0. The number of fused-ring (bicyclic) bond motifs is 15. The highest BCUT2D eigenvalue weighted by Crippen LogP contribution is 2.61. The summed E-state index contributed by atoms with van der Waals surface area (Å²) >= 11 is 0. The first kappa shape index (κ1) is 37.2. The van der Waals surface area contributed by atoms with Gasteiger partial charge in [-0.15, -0.1) is 0 Å². The van der Waals surface area contributed by atoms with Crippen molar-refractivity contribution in [1.82, 2.24) is 4.57 Å². The molecule has 2 heteroatoms. The van der Waals surface area contributed by atoms with Gasteiger partial charge in [0.1, 0.15) is 0 Å². The average molecular weight is 841 g/mol. The van der Waals surface area contributed by atoms with E-state index in [1.807, 2.05) is 0 Å². The fraction of sp³-hybridized carbons (Fsp3) is 0.0625. The van der Waals surface area contributed by atoms with Crippen molar-refractivity contribution in [2.45, 2.75) is 24.7 Å². The van der Waals surface area contributed by atoms with Gasteiger partial charge in [-0.25, -0.2) is 0 Å². The molecule has 1 spiro atoms. The van der Waals surface area contributed by atoms with Gasteiger partial charge >= 0.3 is 0 Å². The molecule has 0 N–H and O–H groups in total. The summed E-state index contributed by atoms with van der Waals surface area (Å²) in [6, 6.07) is 86.2. The second-order valence-corrected chi connectivity index (χ2v) is 18.8. The van der Waals surface area contributed by atoms with E-state index in [-0.39, 0.29) is 5.41 Å². The minimum absolute atomic E-state index is 0.111. The highest BCUT2D eigenvalue weighted by atomic mass is 15.1. The maximum absolute atomic E-state index is 2.52. The van der Waals surface area contributed by atoms with E-state index < -0.39 is 5.41 Å². The Morgan fingerprint density at radius 2 is 0.848 bits per heavy atom. The molecule has 14 rings (SSSR count). The van der Waals surface area contributed by atoms with Crippen LogP contribution in [-0.2, 0) is 10.8 Å². The molecule has 1 aromatic heterocycles. The van der Waals surface area contributed by atoms with E-state index in [0.29, 0.717) is 0 Å². The quantitative estimate of drug-likeness (QED) is 0.168. The van der Waals surface area contributed by atoms with E-state index in [1.165, 1.54) is 105 Å². The standard InChI is InChI=1S/C64H44N2/c1-63(2)54-21-9-6-17-48(54)50-38-36-47(40-58(50)63)65(45-32-27-42(28-33-45)41-15-4-3-5-16-41)46-34-29-43(30-35-46)44-31-37-51-49-18-7-10-22-55(49)64(59(51)39-44)56-23-11-13-26-61(56)66-60-25-12-8-19-52(60)53-20-14-24-57(64)62(53)66/h3-40H,1-2H3. The smallest absolute Gasteiger partial charge is 0.0754 e. The molecule has 1 aliphatic heterocycles. The molecule has 2 nitrogen and oxygen atoms in total. The third-order valence-electron chi connectivity index (χ3n) is 15.2. The zero-order valence-electron chi connectivity index (χ0n) is 36.8. The molecule has 0 bridgehead atoms. The van der Waals surface area contributed by atoms with E-state index in [2.05, 4.69) is 254 Å². The highest BCUT2D eigenvalue weighted by Gasteiger charge is 2.51. The van der Waals surface area contributed by atoms with E-state index in [4.69, 9.17) is 0 Å². The Morgan fingerprint density at radius 1 is 0.333 bits per heavy atom. The van der Waals surface area contributed by atoms with Gasteiger partial charge < -0.3 is 9.47 Å². The van der Waals surface area contributed by atoms with Crippen LogP contribution in [0.4, 0.5) is 17.1 Å². The van der Waals surface area contributed by atoms with Crippen LogP contribution in [0.1, 0.15) is 47.2 Å². The van der Waals surface area contributed by atoms with Gasteiger partial charge in [0.2, 0.25) is 0 Å². The number of rotatable bonds is 5. The van der Waals surface area contributed by atoms with Crippen molar-refractivity contribution in [3.63, 3.8) is 0 Å². The monoisotopic (exact) mass is 840 g/mol. The predicted octanol–water partition coefficient (Wildman–Crippen LogP) is 16.6. The maximum atomic E-state index is 2.52. The molecule has 0 radical (unpaired) electrons. The zero-order chi connectivity index (χ0) is 43.7. The van der Waals surface area contributed by atoms with Gasteiger partial charge in [-0.3, -0.25) is 0 Å². The van der Waals surface area contributed by atoms with E-state index >= 15 is 0 Å². The summed E-state index contributed by atoms with van der Waals surface area (Å²) in [4.78, 5) is 2.42. The Labute approximate surface area is 385 Å². The Bertz CT molecular complexity index is 3780. The fourth-order valence-corrected chi connectivity index (χ4v) is 12.3. The largest absolute Gasteiger partial charge is 0.310 e. The van der Waals surface area contributed by atoms with E-state index in [9.17, 15) is 0 Å². The molecule has 10 aromatic carbocycles. The Hall–Kier alpha value is -8.20. The van der Waals surface area contributed by atoms with Crippen LogP contribution < -0.4 is 4.90 Å². The van der Waals surface area contributed by atoms with Gasteiger partial charge in [0.25, 0.3) is 0 Å². The summed E-state index contributed by atoms with van der Waals surface area (Å²) in [7, 11) is 0. The third kappa shape index (κ3) is 4.96. The number of nitrogens with zero attached hydrogens (tertiary/aromatic N) is 2. The lowest BCUT2D eigenvalue weighted by molar-refractivity contribution is 0.660. The topological polar surface area (TPSA) is 8.17 Å². The molecule has 0 fully saturated rings. The lowest BCUT2D eigenvalue weighted by Crippen LogP contribution is -2.33. The van der Waals surface area contributed by atoms with Crippen LogP contribution in [0.3, 0.4) is 0 Å². The molecule has 1 unspecified atom stereocenters. The van der Waals surface area contributed by atoms with Crippen LogP contribution in [-0.4, -0.2) is 4.57 Å². The number of para-hydroxylation sites is 3. The number of hydrogen-bond donors (Lipinski definition) is 0. The fourth-order valence-electron chi connectivity index (χ4n) is 12.3. The molecular weight excluding hydrogens is 797 g/mol. The second-order valence-electron chi connectivity index (χ2n) is 18.8. The van der Waals surface area contributed by atoms with Crippen LogP contribution >= 0.6 is 0 Å². The summed E-state index contributed by atoms with van der Waals surface area (Å²) in [5, 5.41) is 2.59. The van der Waals surface area contributed by atoms with Gasteiger partial charge in [0.15, 0.2) is 0 Å². The minimum atomic E-state index is -0.494. The maximum Gasteiger partial charge on any atom is 0.0754 e. The van der Waals surface area contributed by atoms with Gasteiger partial charge in [0.05, 0.1) is 22.1 Å². The first-order valence-corrected chi connectivity index (χ1v) is 23.2. The molecule has 0 saturated carbocycles. The number of benzene rings is 10. The van der Waals surface area contributed by atoms with E-state index in [1.54, 1.807) is 0 Å². The van der Waals surface area contributed by atoms with Crippen molar-refractivity contribution in [2.75, 3.05) is 4.90 Å². The lowest BCUT2D eigenvalue weighted by Gasteiger charge is -2.39. The first-order chi connectivity index (χ1) is 32.5. The van der Waals surface area contributed by atoms with Crippen LogP contribution in [0, 0.1) is 0 Å². The Morgan fingerprint density at radius 3 is 1.62 bits per heavy atom. The van der Waals surface area contributed by atoms with E-state index in [0.717, 1.165) is 17.1 Å². The Balaban J connectivity index is 0.925. The molecule has 0 saturated heterocycles. The molecule has 3 aliphatic rings. The number of anilines is 3. The molecule has 2 aliphatic carbocycles. The van der Waals surface area contributed by atoms with Crippen molar-refractivity contribution in [1.29, 1.82) is 0 Å². The summed E-state index contributed by atoms with van der Waals surface area (Å²) in [5.41, 5.74) is 24.7. The summed E-state index contributed by atoms with van der Waals surface area (Å²) in [6.45, 7) is 4.72. The molecular formula is C64H44N2. The summed E-state index contributed by atoms with van der Waals surface area (Å²) < 4.78 is 2.52. The minimum Gasteiger partial charge on any atom is -0.310 e. The van der Waals surface area contributed by atoms with Crippen LogP contribution in [0.15, 0.2) is 231 Å². The van der Waals surface area contributed by atoms with Gasteiger partial charge in [-0.05, 0) is 132 Å². The van der Waals surface area contributed by atoms with Crippen LogP contribution in [0.2, 0.25) is 0 Å². The molecule has 66 heavy (non-hydrogen) atoms. The first-order valence-electron chi connectivity index (χ1n) is 23.2. The average Bonchev–Trinajstić information content (AvgIpc) is 3.95. The van der Waals surface area contributed by atoms with Crippen molar-refractivity contribution >= 4 is 38.9 Å². The SMILES string of the molecule is CC1(C)c2ccccc2-c2ccc(N(c3ccc(-c4ccccc4)cc3)c3ccc(-c4ccc5c(c4)C4(c6ccccc6-5)c5ccccc5-n5c6ccccc6c6cccc4c65)cc3)cc21. The number of hydrogen-bond acceptors (Lipinski definition) is 1. The lowest BCUT2D eigenvalue weighted by atomic mass is 9.65. The molecule has 1 atom stereocenters. The predicted molar refractivity (Wildman–Crippen MR) is 275 cm³/mol. The van der Waals surface area contributed by atoms with Crippen LogP contribution in [0.25, 0.3) is 72.0 Å². The third-order valence-corrected chi connectivity index (χ3v) is 15.2. The molecule has 11 aromatic rings. The van der Waals surface area contributed by atoms with Gasteiger partial charge in [0, 0.05) is 33.2 Å². The molecule has 0 amide bonds. The molecule has 2 heterocycles. The molecule has 310 valence electrons. The normalized spacial score (nSPS) is 15.6.